The topological polar surface area (TPSA) is 120 Å². The molecule has 1 rings (SSSR count). The summed E-state index contributed by atoms with van der Waals surface area (Å²) in [5, 5.41) is 2.97. The number of nitrogens with one attached hydrogen (secondary N) is 1. The van der Waals surface area contributed by atoms with Crippen molar-refractivity contribution in [3.05, 3.63) is 0 Å². The Bertz CT molecular complexity index is 231. The van der Waals surface area contributed by atoms with Gasteiger partial charge in [-0.3, -0.25) is 10.1 Å². The maximum absolute atomic E-state index is 10.5. The Hall–Kier alpha value is -0.790. The zero-order valence-electron chi connectivity index (χ0n) is 7.06. The van der Waals surface area contributed by atoms with E-state index in [-0.39, 0.29) is 23.3 Å². The lowest BCUT2D eigenvalue weighted by Crippen LogP contribution is -2.49. The van der Waals surface area contributed by atoms with Crippen molar-refractivity contribution in [1.82, 2.24) is 5.32 Å². The van der Waals surface area contributed by atoms with Crippen LogP contribution in [0.5, 0.6) is 0 Å². The van der Waals surface area contributed by atoms with E-state index in [2.05, 4.69) is 10.3 Å². The van der Waals surface area contributed by atoms with Crippen LogP contribution in [0.4, 0.5) is 0 Å². The standard InChI is InChI=1S/C6H13N5OS/c7-3-1-4(8)11-6(10-3)13-2-5(9)12/h3,6,10H,1-2,7H2,(H2,8,11)(H2,9,12). The lowest BCUT2D eigenvalue weighted by atomic mass is 10.3. The molecule has 1 amide bonds. The van der Waals surface area contributed by atoms with Crippen molar-refractivity contribution in [2.24, 2.45) is 22.2 Å². The summed E-state index contributed by atoms with van der Waals surface area (Å²) in [5.41, 5.74) is 15.9. The summed E-state index contributed by atoms with van der Waals surface area (Å²) in [4.78, 5) is 14.5. The molecule has 7 heteroatoms. The molecular weight excluding hydrogens is 190 g/mol. The summed E-state index contributed by atoms with van der Waals surface area (Å²) < 4.78 is 0. The zero-order chi connectivity index (χ0) is 9.84. The first-order valence-corrected chi connectivity index (χ1v) is 4.86. The second-order valence-corrected chi connectivity index (χ2v) is 3.80. The molecule has 0 aromatic carbocycles. The molecule has 0 saturated heterocycles. The van der Waals surface area contributed by atoms with E-state index in [0.29, 0.717) is 12.3 Å². The number of aliphatic imine (C=N–C) groups is 1. The Labute approximate surface area is 80.3 Å². The number of amides is 1. The zero-order valence-corrected chi connectivity index (χ0v) is 7.88. The molecule has 0 aliphatic carbocycles. The third kappa shape index (κ3) is 3.62. The molecule has 2 atom stereocenters. The van der Waals surface area contributed by atoms with Gasteiger partial charge in [0.15, 0.2) is 5.50 Å². The van der Waals surface area contributed by atoms with Gasteiger partial charge in [-0.1, -0.05) is 0 Å². The average molecular weight is 203 g/mol. The molecule has 0 aromatic rings. The summed E-state index contributed by atoms with van der Waals surface area (Å²) in [7, 11) is 0. The van der Waals surface area contributed by atoms with Crippen LogP contribution < -0.4 is 22.5 Å². The summed E-state index contributed by atoms with van der Waals surface area (Å²) in [6, 6.07) is 0. The predicted molar refractivity (Wildman–Crippen MR) is 52.8 cm³/mol. The van der Waals surface area contributed by atoms with E-state index < -0.39 is 0 Å². The van der Waals surface area contributed by atoms with Gasteiger partial charge in [0.1, 0.15) is 0 Å². The molecule has 1 heterocycles. The van der Waals surface area contributed by atoms with Crippen molar-refractivity contribution in [3.8, 4) is 0 Å². The number of primary amides is 1. The molecule has 74 valence electrons. The molecular formula is C6H13N5OS. The highest BCUT2D eigenvalue weighted by atomic mass is 32.2. The largest absolute Gasteiger partial charge is 0.387 e. The summed E-state index contributed by atoms with van der Waals surface area (Å²) >= 11 is 1.28. The van der Waals surface area contributed by atoms with E-state index in [1.807, 2.05) is 0 Å². The molecule has 0 fully saturated rings. The van der Waals surface area contributed by atoms with Crippen molar-refractivity contribution in [3.63, 3.8) is 0 Å². The van der Waals surface area contributed by atoms with Crippen LogP contribution in [0.3, 0.4) is 0 Å². The number of amidine groups is 1. The molecule has 0 bridgehead atoms. The van der Waals surface area contributed by atoms with Crippen LogP contribution in [0.2, 0.25) is 0 Å². The minimum atomic E-state index is -0.375. The van der Waals surface area contributed by atoms with Gasteiger partial charge in [0.05, 0.1) is 17.8 Å². The van der Waals surface area contributed by atoms with Gasteiger partial charge in [0.2, 0.25) is 5.91 Å². The number of carbonyl (C=O) groups excluding carboxylic acids is 1. The lowest BCUT2D eigenvalue weighted by Gasteiger charge is -2.24. The van der Waals surface area contributed by atoms with Crippen molar-refractivity contribution >= 4 is 23.5 Å². The Balaban J connectivity index is 2.41. The van der Waals surface area contributed by atoms with E-state index >= 15 is 0 Å². The third-order valence-electron chi connectivity index (χ3n) is 1.45. The first kappa shape index (κ1) is 10.3. The van der Waals surface area contributed by atoms with Crippen LogP contribution >= 0.6 is 11.8 Å². The average Bonchev–Trinajstić information content (AvgIpc) is 1.99. The second kappa shape index (κ2) is 4.45. The van der Waals surface area contributed by atoms with Gasteiger partial charge in [-0.15, -0.1) is 11.8 Å². The van der Waals surface area contributed by atoms with Gasteiger partial charge >= 0.3 is 0 Å². The number of carbonyl (C=O) groups is 1. The van der Waals surface area contributed by atoms with E-state index in [4.69, 9.17) is 17.2 Å². The van der Waals surface area contributed by atoms with Crippen molar-refractivity contribution in [2.75, 3.05) is 5.75 Å². The smallest absolute Gasteiger partial charge is 0.227 e. The molecule has 0 radical (unpaired) electrons. The molecule has 2 unspecified atom stereocenters. The fourth-order valence-corrected chi connectivity index (χ4v) is 1.76. The van der Waals surface area contributed by atoms with Crippen LogP contribution in [-0.4, -0.2) is 29.2 Å². The van der Waals surface area contributed by atoms with Gasteiger partial charge < -0.3 is 17.2 Å². The number of nitrogens with two attached hydrogens (primary N) is 3. The van der Waals surface area contributed by atoms with Gasteiger partial charge in [-0.2, -0.15) is 0 Å². The maximum atomic E-state index is 10.5. The Kier molecular flexibility index (Phi) is 3.52. The molecule has 0 saturated carbocycles. The minimum absolute atomic E-state index is 0.192. The third-order valence-corrected chi connectivity index (χ3v) is 2.46. The van der Waals surface area contributed by atoms with Crippen LogP contribution in [0.15, 0.2) is 4.99 Å². The number of thioether (sulfide) groups is 1. The molecule has 7 N–H and O–H groups in total. The number of nitrogens with zero attached hydrogens (tertiary/aromatic N) is 1. The summed E-state index contributed by atoms with van der Waals surface area (Å²) in [5.74, 6) is 0.342. The molecule has 0 aromatic heterocycles. The molecule has 13 heavy (non-hydrogen) atoms. The summed E-state index contributed by atoms with van der Waals surface area (Å²) in [6.45, 7) is 0. The number of hydrogen-bond donors (Lipinski definition) is 4. The monoisotopic (exact) mass is 203 g/mol. The van der Waals surface area contributed by atoms with Gasteiger partial charge in [0, 0.05) is 6.42 Å². The van der Waals surface area contributed by atoms with Crippen LogP contribution in [0.25, 0.3) is 0 Å². The molecule has 6 nitrogen and oxygen atoms in total. The fraction of sp³-hybridized carbons (Fsp3) is 0.667. The van der Waals surface area contributed by atoms with Crippen molar-refractivity contribution in [2.45, 2.75) is 18.1 Å². The van der Waals surface area contributed by atoms with E-state index in [1.165, 1.54) is 11.8 Å². The van der Waals surface area contributed by atoms with E-state index in [0.717, 1.165) is 0 Å². The van der Waals surface area contributed by atoms with Crippen molar-refractivity contribution in [1.29, 1.82) is 0 Å². The first-order valence-electron chi connectivity index (χ1n) is 3.81. The Morgan fingerprint density at radius 2 is 2.46 bits per heavy atom. The number of hydrogen-bond acceptors (Lipinski definition) is 6. The Morgan fingerprint density at radius 1 is 1.77 bits per heavy atom. The summed E-state index contributed by atoms with van der Waals surface area (Å²) in [6.07, 6.45) is 0.344. The van der Waals surface area contributed by atoms with Crippen LogP contribution in [-0.2, 0) is 4.79 Å². The first-order chi connectivity index (χ1) is 6.08. The van der Waals surface area contributed by atoms with Crippen LogP contribution in [0.1, 0.15) is 6.42 Å². The Morgan fingerprint density at radius 3 is 3.00 bits per heavy atom. The normalized spacial score (nSPS) is 28.2. The molecule has 1 aliphatic heterocycles. The van der Waals surface area contributed by atoms with Gasteiger partial charge in [0.25, 0.3) is 0 Å². The molecule has 1 aliphatic rings. The molecule has 0 spiro atoms. The SMILES string of the molecule is NC(=O)CSC1N=C(N)CC(N)N1. The van der Waals surface area contributed by atoms with Crippen LogP contribution in [0, 0.1) is 0 Å². The van der Waals surface area contributed by atoms with E-state index in [1.54, 1.807) is 0 Å². The highest BCUT2D eigenvalue weighted by molar-refractivity contribution is 8.00. The van der Waals surface area contributed by atoms with E-state index in [9.17, 15) is 4.79 Å². The lowest BCUT2D eigenvalue weighted by molar-refractivity contribution is -0.115. The highest BCUT2D eigenvalue weighted by Gasteiger charge is 2.18. The fourth-order valence-electron chi connectivity index (χ4n) is 0.954. The predicted octanol–water partition coefficient (Wildman–Crippen LogP) is -1.88. The number of rotatable bonds is 3. The highest BCUT2D eigenvalue weighted by Crippen LogP contribution is 2.13. The van der Waals surface area contributed by atoms with Crippen molar-refractivity contribution < 1.29 is 4.79 Å². The minimum Gasteiger partial charge on any atom is -0.387 e. The second-order valence-electron chi connectivity index (χ2n) is 2.73. The van der Waals surface area contributed by atoms with Gasteiger partial charge in [-0.05, 0) is 0 Å². The maximum Gasteiger partial charge on any atom is 0.227 e. The van der Waals surface area contributed by atoms with Gasteiger partial charge in [-0.25, -0.2) is 4.99 Å². The quantitative estimate of drug-likeness (QED) is 0.428.